The third kappa shape index (κ3) is 2.73. The van der Waals surface area contributed by atoms with E-state index in [4.69, 9.17) is 0 Å². The van der Waals surface area contributed by atoms with Crippen LogP contribution in [0.5, 0.6) is 0 Å². The minimum atomic E-state index is -1.91. The lowest BCUT2D eigenvalue weighted by Crippen LogP contribution is -2.22. The molecule has 0 heterocycles. The Balaban J connectivity index is 2.50. The highest BCUT2D eigenvalue weighted by Crippen LogP contribution is 2.28. The monoisotopic (exact) mass is 258 g/mol. The van der Waals surface area contributed by atoms with Gasteiger partial charge in [0.15, 0.2) is 0 Å². The van der Waals surface area contributed by atoms with Gasteiger partial charge in [-0.2, -0.15) is 0 Å². The molecule has 94 valence electrons. The van der Waals surface area contributed by atoms with Crippen LogP contribution in [-0.2, 0) is 9.98 Å². The van der Waals surface area contributed by atoms with Crippen molar-refractivity contribution < 1.29 is 4.57 Å². The van der Waals surface area contributed by atoms with E-state index in [9.17, 15) is 4.57 Å². The second-order valence-electron chi connectivity index (χ2n) is 5.49. The Morgan fingerprint density at radius 1 is 0.833 bits per heavy atom. The van der Waals surface area contributed by atoms with Crippen LogP contribution in [0.3, 0.4) is 0 Å². The third-order valence-electron chi connectivity index (χ3n) is 3.02. The van der Waals surface area contributed by atoms with Crippen molar-refractivity contribution in [1.29, 1.82) is 0 Å². The first-order chi connectivity index (χ1) is 8.50. The summed E-state index contributed by atoms with van der Waals surface area (Å²) in [5.74, 6) is 0. The summed E-state index contributed by atoms with van der Waals surface area (Å²) in [6, 6.07) is 17.8. The summed E-state index contributed by atoms with van der Waals surface area (Å²) in [6.07, 6.45) is 0. The van der Waals surface area contributed by atoms with Crippen molar-refractivity contribution >= 4 is 18.4 Å². The van der Waals surface area contributed by atoms with Crippen LogP contribution in [-0.4, -0.2) is 0 Å². The SMILES string of the molecule is CC(C)(C)c1ccccc1[PH](=O)c1ccccc1. The molecule has 0 radical (unpaired) electrons. The molecule has 1 atom stereocenters. The van der Waals surface area contributed by atoms with Gasteiger partial charge in [0.25, 0.3) is 0 Å². The van der Waals surface area contributed by atoms with E-state index in [1.807, 2.05) is 48.5 Å². The summed E-state index contributed by atoms with van der Waals surface area (Å²) in [7, 11) is -1.91. The van der Waals surface area contributed by atoms with Gasteiger partial charge in [-0.05, 0) is 11.0 Å². The maximum Gasteiger partial charge on any atom is 0.132 e. The molecule has 2 heteroatoms. The van der Waals surface area contributed by atoms with E-state index in [2.05, 4.69) is 26.8 Å². The Bertz CT molecular complexity index is 553. The average Bonchev–Trinajstić information content (AvgIpc) is 2.38. The van der Waals surface area contributed by atoms with Gasteiger partial charge >= 0.3 is 0 Å². The quantitative estimate of drug-likeness (QED) is 0.753. The summed E-state index contributed by atoms with van der Waals surface area (Å²) in [4.78, 5) is 0. The highest BCUT2D eigenvalue weighted by Gasteiger charge is 2.20. The Morgan fingerprint density at radius 3 is 2.00 bits per heavy atom. The fourth-order valence-corrected chi connectivity index (χ4v) is 3.84. The number of benzene rings is 2. The maximum atomic E-state index is 12.7. The summed E-state index contributed by atoms with van der Waals surface area (Å²) in [5, 5.41) is 1.92. The molecule has 2 aromatic carbocycles. The second kappa shape index (κ2) is 5.12. The Hall–Kier alpha value is -1.33. The number of rotatable bonds is 2. The molecule has 0 aromatic heterocycles. The molecule has 1 nitrogen and oxygen atoms in total. The van der Waals surface area contributed by atoms with Gasteiger partial charge in [-0.15, -0.1) is 0 Å². The first kappa shape index (κ1) is 13.1. The molecule has 0 aliphatic rings. The predicted molar refractivity (Wildman–Crippen MR) is 79.9 cm³/mol. The van der Waals surface area contributed by atoms with Crippen LogP contribution in [0.1, 0.15) is 26.3 Å². The minimum absolute atomic E-state index is 0.0195. The van der Waals surface area contributed by atoms with Crippen LogP contribution < -0.4 is 10.6 Å². The van der Waals surface area contributed by atoms with Gasteiger partial charge in [-0.1, -0.05) is 75.4 Å². The van der Waals surface area contributed by atoms with E-state index in [1.165, 1.54) is 5.56 Å². The van der Waals surface area contributed by atoms with Crippen molar-refractivity contribution in [2.45, 2.75) is 26.2 Å². The smallest absolute Gasteiger partial charge is 0.132 e. The molecule has 0 saturated carbocycles. The average molecular weight is 258 g/mol. The van der Waals surface area contributed by atoms with E-state index in [0.29, 0.717) is 0 Å². The van der Waals surface area contributed by atoms with E-state index in [-0.39, 0.29) is 5.41 Å². The largest absolute Gasteiger partial charge is 0.317 e. The van der Waals surface area contributed by atoms with E-state index in [1.54, 1.807) is 0 Å². The molecular formula is C16H19OP. The van der Waals surface area contributed by atoms with Crippen molar-refractivity contribution in [1.82, 2.24) is 0 Å². The Morgan fingerprint density at radius 2 is 1.39 bits per heavy atom. The zero-order valence-corrected chi connectivity index (χ0v) is 12.1. The van der Waals surface area contributed by atoms with Gasteiger partial charge in [-0.3, -0.25) is 0 Å². The zero-order valence-electron chi connectivity index (χ0n) is 11.1. The van der Waals surface area contributed by atoms with Gasteiger partial charge in [0, 0.05) is 10.6 Å². The topological polar surface area (TPSA) is 17.1 Å². The number of hydrogen-bond donors (Lipinski definition) is 0. The van der Waals surface area contributed by atoms with Crippen LogP contribution in [0.2, 0.25) is 0 Å². The fourth-order valence-electron chi connectivity index (χ4n) is 2.08. The lowest BCUT2D eigenvalue weighted by Gasteiger charge is -2.22. The molecule has 0 bridgehead atoms. The summed E-state index contributed by atoms with van der Waals surface area (Å²) >= 11 is 0. The molecule has 0 amide bonds. The standard InChI is InChI=1S/C16H19OP/c1-16(2,3)14-11-7-8-12-15(14)18(17)13-9-5-4-6-10-13/h4-12,18H,1-3H3. The highest BCUT2D eigenvalue weighted by molar-refractivity contribution is 7.61. The molecule has 1 unspecified atom stereocenters. The van der Waals surface area contributed by atoms with Crippen molar-refractivity contribution in [2.75, 3.05) is 0 Å². The molecule has 2 rings (SSSR count). The molecule has 18 heavy (non-hydrogen) atoms. The third-order valence-corrected chi connectivity index (χ3v) is 4.80. The predicted octanol–water partition coefficient (Wildman–Crippen LogP) is 3.49. The summed E-state index contributed by atoms with van der Waals surface area (Å²) < 4.78 is 12.7. The summed E-state index contributed by atoms with van der Waals surface area (Å²) in [6.45, 7) is 6.48. The molecule has 0 spiro atoms. The Labute approximate surface area is 110 Å². The van der Waals surface area contributed by atoms with Gasteiger partial charge < -0.3 is 4.57 Å². The highest BCUT2D eigenvalue weighted by atomic mass is 31.1. The van der Waals surface area contributed by atoms with Crippen molar-refractivity contribution in [3.05, 3.63) is 60.2 Å². The lowest BCUT2D eigenvalue weighted by atomic mass is 9.87. The van der Waals surface area contributed by atoms with E-state index < -0.39 is 7.80 Å². The zero-order chi connectivity index (χ0) is 13.2. The molecule has 0 aliphatic heterocycles. The first-order valence-corrected chi connectivity index (χ1v) is 7.60. The van der Waals surface area contributed by atoms with Crippen molar-refractivity contribution in [3.63, 3.8) is 0 Å². The number of hydrogen-bond acceptors (Lipinski definition) is 1. The van der Waals surface area contributed by atoms with Gasteiger partial charge in [0.1, 0.15) is 7.80 Å². The normalized spacial score (nSPS) is 13.3. The van der Waals surface area contributed by atoms with E-state index in [0.717, 1.165) is 10.6 Å². The van der Waals surface area contributed by atoms with Crippen LogP contribution >= 0.6 is 7.80 Å². The van der Waals surface area contributed by atoms with Crippen LogP contribution in [0.4, 0.5) is 0 Å². The van der Waals surface area contributed by atoms with Crippen molar-refractivity contribution in [3.8, 4) is 0 Å². The molecule has 0 aliphatic carbocycles. The Kier molecular flexibility index (Phi) is 3.73. The van der Waals surface area contributed by atoms with Crippen LogP contribution in [0.25, 0.3) is 0 Å². The lowest BCUT2D eigenvalue weighted by molar-refractivity contribution is 0.586. The second-order valence-corrected chi connectivity index (χ2v) is 7.27. The van der Waals surface area contributed by atoms with Crippen molar-refractivity contribution in [2.24, 2.45) is 0 Å². The van der Waals surface area contributed by atoms with Gasteiger partial charge in [-0.25, -0.2) is 0 Å². The first-order valence-electron chi connectivity index (χ1n) is 6.19. The van der Waals surface area contributed by atoms with Gasteiger partial charge in [0.2, 0.25) is 0 Å². The van der Waals surface area contributed by atoms with E-state index >= 15 is 0 Å². The van der Waals surface area contributed by atoms with Gasteiger partial charge in [0.05, 0.1) is 0 Å². The minimum Gasteiger partial charge on any atom is -0.317 e. The van der Waals surface area contributed by atoms with Crippen LogP contribution in [0.15, 0.2) is 54.6 Å². The molecule has 0 N–H and O–H groups in total. The molecular weight excluding hydrogens is 239 g/mol. The molecule has 0 fully saturated rings. The molecule has 0 saturated heterocycles. The molecule has 2 aromatic rings. The summed E-state index contributed by atoms with van der Waals surface area (Å²) in [5.41, 5.74) is 1.20. The maximum absolute atomic E-state index is 12.7. The van der Waals surface area contributed by atoms with Crippen LogP contribution in [0, 0.1) is 0 Å². The fraction of sp³-hybridized carbons (Fsp3) is 0.250.